The Kier molecular flexibility index (Phi) is 2.25. The summed E-state index contributed by atoms with van der Waals surface area (Å²) in [6, 6.07) is 1.76. The normalized spacial score (nSPS) is 22.0. The largest absolute Gasteiger partial charge is 0.338 e. The van der Waals surface area contributed by atoms with Gasteiger partial charge in [-0.15, -0.1) is 0 Å². The molecular weight excluding hydrogens is 182 g/mol. The number of anilines is 1. The fraction of sp³-hybridized carbons (Fsp3) is 0.556. The third-order valence-electron chi connectivity index (χ3n) is 2.42. The first-order chi connectivity index (χ1) is 6.70. The molecule has 0 aromatic carbocycles. The second-order valence-electron chi connectivity index (χ2n) is 3.62. The standard InChI is InChI=1S/C9H13N3O2/c1-6-2-9(14-11-6)12-5-7(4-10)3-8(12)13/h2,7H,3-5,10H2,1H3. The van der Waals surface area contributed by atoms with Gasteiger partial charge in [-0.2, -0.15) is 0 Å². The summed E-state index contributed by atoms with van der Waals surface area (Å²) in [5.74, 6) is 0.841. The van der Waals surface area contributed by atoms with Gasteiger partial charge in [0.15, 0.2) is 0 Å². The molecule has 0 aliphatic carbocycles. The molecule has 0 saturated carbocycles. The molecule has 1 aliphatic heterocycles. The zero-order valence-corrected chi connectivity index (χ0v) is 8.06. The third-order valence-corrected chi connectivity index (χ3v) is 2.42. The molecule has 1 unspecified atom stereocenters. The SMILES string of the molecule is Cc1cc(N2CC(CN)CC2=O)on1. The molecule has 1 aromatic heterocycles. The van der Waals surface area contributed by atoms with E-state index >= 15 is 0 Å². The maximum absolute atomic E-state index is 11.5. The highest BCUT2D eigenvalue weighted by molar-refractivity contribution is 5.94. The first kappa shape index (κ1) is 9.21. The molecule has 1 fully saturated rings. The number of carbonyl (C=O) groups is 1. The van der Waals surface area contributed by atoms with E-state index in [1.807, 2.05) is 6.92 Å². The van der Waals surface area contributed by atoms with Gasteiger partial charge in [-0.25, -0.2) is 0 Å². The van der Waals surface area contributed by atoms with Crippen molar-refractivity contribution in [2.24, 2.45) is 11.7 Å². The lowest BCUT2D eigenvalue weighted by atomic mass is 10.1. The molecule has 5 heteroatoms. The highest BCUT2D eigenvalue weighted by Gasteiger charge is 2.31. The number of nitrogens with zero attached hydrogens (tertiary/aromatic N) is 2. The van der Waals surface area contributed by atoms with Crippen molar-refractivity contribution in [2.45, 2.75) is 13.3 Å². The molecule has 76 valence electrons. The van der Waals surface area contributed by atoms with Crippen LogP contribution in [0.15, 0.2) is 10.6 Å². The molecule has 1 aromatic rings. The van der Waals surface area contributed by atoms with Crippen molar-refractivity contribution >= 4 is 11.8 Å². The average molecular weight is 195 g/mol. The van der Waals surface area contributed by atoms with Crippen molar-refractivity contribution in [1.29, 1.82) is 0 Å². The van der Waals surface area contributed by atoms with Crippen LogP contribution in [0.3, 0.4) is 0 Å². The van der Waals surface area contributed by atoms with Crippen LogP contribution in [-0.2, 0) is 4.79 Å². The van der Waals surface area contributed by atoms with E-state index in [0.717, 1.165) is 5.69 Å². The van der Waals surface area contributed by atoms with Gasteiger partial charge < -0.3 is 10.3 Å². The van der Waals surface area contributed by atoms with E-state index in [2.05, 4.69) is 5.16 Å². The molecule has 0 spiro atoms. The summed E-state index contributed by atoms with van der Waals surface area (Å²) in [6.07, 6.45) is 0.510. The molecule has 1 amide bonds. The van der Waals surface area contributed by atoms with Crippen molar-refractivity contribution in [3.05, 3.63) is 11.8 Å². The van der Waals surface area contributed by atoms with Crippen LogP contribution in [0.1, 0.15) is 12.1 Å². The minimum atomic E-state index is 0.0663. The number of carbonyl (C=O) groups excluding carboxylic acids is 1. The topological polar surface area (TPSA) is 72.4 Å². The molecule has 2 heterocycles. The summed E-state index contributed by atoms with van der Waals surface area (Å²) in [7, 11) is 0. The maximum Gasteiger partial charge on any atom is 0.234 e. The number of aryl methyl sites for hydroxylation is 1. The Morgan fingerprint density at radius 2 is 2.57 bits per heavy atom. The van der Waals surface area contributed by atoms with Gasteiger partial charge in [0.2, 0.25) is 11.8 Å². The van der Waals surface area contributed by atoms with Gasteiger partial charge in [-0.3, -0.25) is 9.69 Å². The van der Waals surface area contributed by atoms with Crippen LogP contribution in [0.5, 0.6) is 0 Å². The lowest BCUT2D eigenvalue weighted by molar-refractivity contribution is -0.117. The Labute approximate surface area is 81.8 Å². The van der Waals surface area contributed by atoms with Gasteiger partial charge in [-0.1, -0.05) is 5.16 Å². The first-order valence-electron chi connectivity index (χ1n) is 4.64. The van der Waals surface area contributed by atoms with Crippen LogP contribution in [-0.4, -0.2) is 24.2 Å². The number of hydrogen-bond acceptors (Lipinski definition) is 4. The summed E-state index contributed by atoms with van der Waals surface area (Å²) in [6.45, 7) is 3.01. The third kappa shape index (κ3) is 1.50. The van der Waals surface area contributed by atoms with E-state index in [4.69, 9.17) is 10.3 Å². The lowest BCUT2D eigenvalue weighted by Crippen LogP contribution is -2.25. The molecule has 1 aliphatic rings. The lowest BCUT2D eigenvalue weighted by Gasteiger charge is -2.10. The Balaban J connectivity index is 2.16. The summed E-state index contributed by atoms with van der Waals surface area (Å²) in [5.41, 5.74) is 6.30. The molecular formula is C9H13N3O2. The van der Waals surface area contributed by atoms with E-state index in [-0.39, 0.29) is 11.8 Å². The van der Waals surface area contributed by atoms with E-state index in [1.54, 1.807) is 11.0 Å². The molecule has 2 N–H and O–H groups in total. The number of amides is 1. The van der Waals surface area contributed by atoms with Crippen LogP contribution >= 0.6 is 0 Å². The molecule has 1 atom stereocenters. The van der Waals surface area contributed by atoms with Crippen LogP contribution in [0.4, 0.5) is 5.88 Å². The number of rotatable bonds is 2. The van der Waals surface area contributed by atoms with Crippen molar-refractivity contribution < 1.29 is 9.32 Å². The molecule has 0 radical (unpaired) electrons. The minimum Gasteiger partial charge on any atom is -0.338 e. The van der Waals surface area contributed by atoms with Gasteiger partial charge in [0.1, 0.15) is 0 Å². The Bertz CT molecular complexity index is 348. The maximum atomic E-state index is 11.5. The summed E-state index contributed by atoms with van der Waals surface area (Å²) in [4.78, 5) is 13.1. The molecule has 5 nitrogen and oxygen atoms in total. The van der Waals surface area contributed by atoms with Crippen LogP contribution < -0.4 is 10.6 Å². The first-order valence-corrected chi connectivity index (χ1v) is 4.64. The van der Waals surface area contributed by atoms with Crippen LogP contribution in [0.25, 0.3) is 0 Å². The smallest absolute Gasteiger partial charge is 0.234 e. The molecule has 14 heavy (non-hydrogen) atoms. The predicted molar refractivity (Wildman–Crippen MR) is 50.8 cm³/mol. The number of hydrogen-bond donors (Lipinski definition) is 1. The van der Waals surface area contributed by atoms with Crippen molar-refractivity contribution in [1.82, 2.24) is 5.16 Å². The highest BCUT2D eigenvalue weighted by atomic mass is 16.5. The van der Waals surface area contributed by atoms with Crippen LogP contribution in [0, 0.1) is 12.8 Å². The van der Waals surface area contributed by atoms with Crippen molar-refractivity contribution in [3.63, 3.8) is 0 Å². The van der Waals surface area contributed by atoms with E-state index in [1.165, 1.54) is 0 Å². The predicted octanol–water partition coefficient (Wildman–Crippen LogP) is 0.295. The second-order valence-corrected chi connectivity index (χ2v) is 3.62. The fourth-order valence-corrected chi connectivity index (χ4v) is 1.63. The van der Waals surface area contributed by atoms with E-state index < -0.39 is 0 Å². The quantitative estimate of drug-likeness (QED) is 0.736. The van der Waals surface area contributed by atoms with E-state index in [0.29, 0.717) is 25.4 Å². The highest BCUT2D eigenvalue weighted by Crippen LogP contribution is 2.24. The van der Waals surface area contributed by atoms with Crippen molar-refractivity contribution in [2.75, 3.05) is 18.0 Å². The second kappa shape index (κ2) is 3.42. The summed E-state index contributed by atoms with van der Waals surface area (Å²) < 4.78 is 5.03. The fourth-order valence-electron chi connectivity index (χ4n) is 1.63. The molecule has 1 saturated heterocycles. The van der Waals surface area contributed by atoms with Gasteiger partial charge in [0.05, 0.1) is 5.69 Å². The zero-order chi connectivity index (χ0) is 10.1. The Hall–Kier alpha value is -1.36. The summed E-state index contributed by atoms with van der Waals surface area (Å²) in [5, 5.41) is 3.75. The minimum absolute atomic E-state index is 0.0663. The Morgan fingerprint density at radius 1 is 1.79 bits per heavy atom. The van der Waals surface area contributed by atoms with Gasteiger partial charge in [0, 0.05) is 19.0 Å². The summed E-state index contributed by atoms with van der Waals surface area (Å²) >= 11 is 0. The van der Waals surface area contributed by atoms with E-state index in [9.17, 15) is 4.79 Å². The zero-order valence-electron chi connectivity index (χ0n) is 8.06. The van der Waals surface area contributed by atoms with Gasteiger partial charge in [-0.05, 0) is 19.4 Å². The van der Waals surface area contributed by atoms with Crippen molar-refractivity contribution in [3.8, 4) is 0 Å². The molecule has 0 bridgehead atoms. The Morgan fingerprint density at radius 3 is 3.07 bits per heavy atom. The van der Waals surface area contributed by atoms with Crippen LogP contribution in [0.2, 0.25) is 0 Å². The van der Waals surface area contributed by atoms with Gasteiger partial charge >= 0.3 is 0 Å². The number of aromatic nitrogens is 1. The monoisotopic (exact) mass is 195 g/mol. The van der Waals surface area contributed by atoms with Gasteiger partial charge in [0.25, 0.3) is 0 Å². The molecule has 2 rings (SSSR count). The average Bonchev–Trinajstić information content (AvgIpc) is 2.71. The number of nitrogens with two attached hydrogens (primary N) is 1.